The van der Waals surface area contributed by atoms with E-state index in [0.29, 0.717) is 17.1 Å². The summed E-state index contributed by atoms with van der Waals surface area (Å²) in [5.74, 6) is 0.438. The van der Waals surface area contributed by atoms with E-state index in [1.807, 2.05) is 32.0 Å². The number of hydrogen-bond acceptors (Lipinski definition) is 7. The number of ether oxygens (including phenoxy) is 2. The lowest BCUT2D eigenvalue weighted by Crippen LogP contribution is -2.48. The SMILES string of the molecule is COc1cccc(N2CCN(CC(=O)Nc3sc4c(c3C(=O)OC(C)C)CCCC4)CC2)c1. The highest BCUT2D eigenvalue weighted by Gasteiger charge is 2.28. The normalized spacial score (nSPS) is 16.4. The first-order valence-electron chi connectivity index (χ1n) is 11.7. The number of esters is 1. The Morgan fingerprint density at radius 2 is 1.88 bits per heavy atom. The number of carbonyl (C=O) groups excluding carboxylic acids is 2. The van der Waals surface area contributed by atoms with E-state index in [9.17, 15) is 9.59 Å². The molecule has 1 aliphatic heterocycles. The molecule has 1 amide bonds. The van der Waals surface area contributed by atoms with E-state index in [4.69, 9.17) is 9.47 Å². The van der Waals surface area contributed by atoms with Gasteiger partial charge in [-0.2, -0.15) is 0 Å². The maximum Gasteiger partial charge on any atom is 0.341 e. The number of carbonyl (C=O) groups is 2. The molecule has 2 aliphatic rings. The molecular formula is C25H33N3O4S. The molecule has 1 N–H and O–H groups in total. The molecule has 1 fully saturated rings. The van der Waals surface area contributed by atoms with Crippen LogP contribution >= 0.6 is 11.3 Å². The van der Waals surface area contributed by atoms with Gasteiger partial charge in [-0.15, -0.1) is 11.3 Å². The molecule has 0 spiro atoms. The van der Waals surface area contributed by atoms with Crippen molar-refractivity contribution in [2.75, 3.05) is 50.1 Å². The van der Waals surface area contributed by atoms with Crippen LogP contribution in [-0.2, 0) is 22.4 Å². The van der Waals surface area contributed by atoms with Gasteiger partial charge in [0.1, 0.15) is 10.8 Å². The number of nitrogens with one attached hydrogen (secondary N) is 1. The largest absolute Gasteiger partial charge is 0.497 e. The predicted molar refractivity (Wildman–Crippen MR) is 132 cm³/mol. The Morgan fingerprint density at radius 1 is 1.12 bits per heavy atom. The van der Waals surface area contributed by atoms with Crippen molar-refractivity contribution in [3.05, 3.63) is 40.3 Å². The first-order valence-corrected chi connectivity index (χ1v) is 12.5. The first-order chi connectivity index (χ1) is 15.9. The summed E-state index contributed by atoms with van der Waals surface area (Å²) in [6, 6.07) is 8.06. The molecule has 1 aromatic carbocycles. The third-order valence-electron chi connectivity index (χ3n) is 6.13. The van der Waals surface area contributed by atoms with E-state index in [1.165, 1.54) is 16.2 Å². The van der Waals surface area contributed by atoms with Crippen LogP contribution < -0.4 is 15.0 Å². The zero-order chi connectivity index (χ0) is 23.4. The number of amides is 1. The lowest BCUT2D eigenvalue weighted by molar-refractivity contribution is -0.117. The van der Waals surface area contributed by atoms with E-state index in [-0.39, 0.29) is 18.0 Å². The average Bonchev–Trinajstić information content (AvgIpc) is 3.16. The fourth-order valence-electron chi connectivity index (χ4n) is 4.48. The van der Waals surface area contributed by atoms with Crippen LogP contribution in [0.5, 0.6) is 5.75 Å². The maximum atomic E-state index is 12.9. The topological polar surface area (TPSA) is 71.1 Å². The number of nitrogens with zero attached hydrogens (tertiary/aromatic N) is 2. The van der Waals surface area contributed by atoms with Gasteiger partial charge in [0.05, 0.1) is 25.3 Å². The van der Waals surface area contributed by atoms with Gasteiger partial charge in [-0.1, -0.05) is 6.07 Å². The number of methoxy groups -OCH3 is 1. The maximum absolute atomic E-state index is 12.9. The van der Waals surface area contributed by atoms with Crippen molar-refractivity contribution in [3.8, 4) is 5.75 Å². The van der Waals surface area contributed by atoms with Gasteiger partial charge in [-0.25, -0.2) is 4.79 Å². The number of rotatable bonds is 7. The number of fused-ring (bicyclic) bond motifs is 1. The second-order valence-electron chi connectivity index (χ2n) is 8.88. The van der Waals surface area contributed by atoms with Crippen LogP contribution in [0.15, 0.2) is 24.3 Å². The van der Waals surface area contributed by atoms with Crippen molar-refractivity contribution in [1.29, 1.82) is 0 Å². The van der Waals surface area contributed by atoms with Crippen molar-refractivity contribution >= 4 is 33.9 Å². The molecule has 2 aromatic rings. The number of hydrogen-bond donors (Lipinski definition) is 1. The third-order valence-corrected chi connectivity index (χ3v) is 7.34. The minimum absolute atomic E-state index is 0.0815. The Balaban J connectivity index is 1.37. The minimum Gasteiger partial charge on any atom is -0.497 e. The van der Waals surface area contributed by atoms with Crippen LogP contribution in [0.2, 0.25) is 0 Å². The highest BCUT2D eigenvalue weighted by Crippen LogP contribution is 2.38. The Hall–Kier alpha value is -2.58. The third kappa shape index (κ3) is 5.68. The van der Waals surface area contributed by atoms with Crippen molar-refractivity contribution in [3.63, 3.8) is 0 Å². The lowest BCUT2D eigenvalue weighted by atomic mass is 9.95. The highest BCUT2D eigenvalue weighted by molar-refractivity contribution is 7.17. The second kappa shape index (κ2) is 10.6. The number of anilines is 2. The lowest BCUT2D eigenvalue weighted by Gasteiger charge is -2.35. The standard InChI is InChI=1S/C25H33N3O4S/c1-17(2)32-25(30)23-20-9-4-5-10-21(20)33-24(23)26-22(29)16-27-11-13-28(14-12-27)18-7-6-8-19(15-18)31-3/h6-8,15,17H,4-5,9-14,16H2,1-3H3,(H,26,29). The smallest absolute Gasteiger partial charge is 0.341 e. The number of thiophene rings is 1. The Bertz CT molecular complexity index is 996. The van der Waals surface area contributed by atoms with Crippen LogP contribution in [0.4, 0.5) is 10.7 Å². The van der Waals surface area contributed by atoms with Crippen LogP contribution in [0.3, 0.4) is 0 Å². The van der Waals surface area contributed by atoms with Crippen LogP contribution in [0.1, 0.15) is 47.5 Å². The van der Waals surface area contributed by atoms with Gasteiger partial charge in [0.15, 0.2) is 0 Å². The van der Waals surface area contributed by atoms with E-state index in [0.717, 1.165) is 68.9 Å². The first kappa shape index (κ1) is 23.6. The fourth-order valence-corrected chi connectivity index (χ4v) is 5.78. The molecule has 7 nitrogen and oxygen atoms in total. The molecule has 2 heterocycles. The van der Waals surface area contributed by atoms with Crippen LogP contribution in [-0.4, -0.2) is 62.7 Å². The molecule has 1 aliphatic carbocycles. The number of benzene rings is 1. The molecule has 1 saturated heterocycles. The Labute approximate surface area is 199 Å². The molecule has 178 valence electrons. The highest BCUT2D eigenvalue weighted by atomic mass is 32.1. The van der Waals surface area contributed by atoms with Gasteiger partial charge in [-0.05, 0) is 57.2 Å². The monoisotopic (exact) mass is 471 g/mol. The summed E-state index contributed by atoms with van der Waals surface area (Å²) in [6.45, 7) is 7.30. The van der Waals surface area contributed by atoms with Gasteiger partial charge < -0.3 is 19.7 Å². The molecule has 0 radical (unpaired) electrons. The van der Waals surface area contributed by atoms with Crippen molar-refractivity contribution in [2.24, 2.45) is 0 Å². The van der Waals surface area contributed by atoms with E-state index in [1.54, 1.807) is 7.11 Å². The summed E-state index contributed by atoms with van der Waals surface area (Å²) in [5.41, 5.74) is 2.77. The zero-order valence-corrected chi connectivity index (χ0v) is 20.5. The molecule has 8 heteroatoms. The molecule has 0 bridgehead atoms. The van der Waals surface area contributed by atoms with Crippen LogP contribution in [0, 0.1) is 0 Å². The Kier molecular flexibility index (Phi) is 7.55. The average molecular weight is 472 g/mol. The van der Waals surface area contributed by atoms with E-state index >= 15 is 0 Å². The van der Waals surface area contributed by atoms with Gasteiger partial charge in [0, 0.05) is 42.8 Å². The quantitative estimate of drug-likeness (QED) is 0.617. The van der Waals surface area contributed by atoms with Gasteiger partial charge in [0.2, 0.25) is 5.91 Å². The molecule has 33 heavy (non-hydrogen) atoms. The summed E-state index contributed by atoms with van der Waals surface area (Å²) in [6.07, 6.45) is 3.83. The summed E-state index contributed by atoms with van der Waals surface area (Å²) < 4.78 is 10.8. The van der Waals surface area contributed by atoms with E-state index < -0.39 is 0 Å². The summed E-state index contributed by atoms with van der Waals surface area (Å²) in [4.78, 5) is 31.4. The molecule has 4 rings (SSSR count). The fraction of sp³-hybridized carbons (Fsp3) is 0.520. The van der Waals surface area contributed by atoms with Crippen LogP contribution in [0.25, 0.3) is 0 Å². The van der Waals surface area contributed by atoms with Gasteiger partial charge in [0.25, 0.3) is 0 Å². The molecule has 0 unspecified atom stereocenters. The number of aryl methyl sites for hydroxylation is 1. The zero-order valence-electron chi connectivity index (χ0n) is 19.7. The van der Waals surface area contributed by atoms with Crippen molar-refractivity contribution < 1.29 is 19.1 Å². The van der Waals surface area contributed by atoms with Crippen molar-refractivity contribution in [1.82, 2.24) is 4.90 Å². The van der Waals surface area contributed by atoms with Crippen molar-refractivity contribution in [2.45, 2.75) is 45.6 Å². The van der Waals surface area contributed by atoms with Gasteiger partial charge >= 0.3 is 5.97 Å². The van der Waals surface area contributed by atoms with Gasteiger partial charge in [-0.3, -0.25) is 9.69 Å². The summed E-state index contributed by atoms with van der Waals surface area (Å²) in [7, 11) is 1.67. The molecular weight excluding hydrogens is 438 g/mol. The number of piperazine rings is 1. The summed E-state index contributed by atoms with van der Waals surface area (Å²) in [5, 5.41) is 3.68. The molecule has 1 aromatic heterocycles. The molecule has 0 saturated carbocycles. The van der Waals surface area contributed by atoms with E-state index in [2.05, 4.69) is 21.2 Å². The molecule has 0 atom stereocenters. The Morgan fingerprint density at radius 3 is 2.61 bits per heavy atom. The summed E-state index contributed by atoms with van der Waals surface area (Å²) >= 11 is 1.54. The second-order valence-corrected chi connectivity index (χ2v) is 9.99. The predicted octanol–water partition coefficient (Wildman–Crippen LogP) is 3.96. The minimum atomic E-state index is -0.327.